The number of nitrogens with one attached hydrogen (secondary N) is 2. The highest BCUT2D eigenvalue weighted by Crippen LogP contribution is 2.31. The molecule has 0 bridgehead atoms. The molecule has 51 heavy (non-hydrogen) atoms. The molecule has 0 saturated heterocycles. The molecule has 0 aliphatic heterocycles. The fraction of sp³-hybridized carbons (Fsp3) is 0.333. The topological polar surface area (TPSA) is 170 Å². The van der Waals surface area contributed by atoms with Gasteiger partial charge in [-0.3, -0.25) is 9.59 Å². The molecule has 3 aromatic rings. The van der Waals surface area contributed by atoms with E-state index < -0.39 is 18.2 Å². The van der Waals surface area contributed by atoms with Crippen LogP contribution in [0.25, 0.3) is 0 Å². The van der Waals surface area contributed by atoms with Gasteiger partial charge in [-0.2, -0.15) is 0 Å². The maximum Gasteiger partial charge on any atom is 0.407 e. The number of carbonyl (C=O) groups excluding carboxylic acids is 4. The minimum atomic E-state index is -0.600. The van der Waals surface area contributed by atoms with Crippen LogP contribution >= 0.6 is 0 Å². The Morgan fingerprint density at radius 3 is 1.78 bits per heavy atom. The normalized spacial score (nSPS) is 13.6. The van der Waals surface area contributed by atoms with Gasteiger partial charge >= 0.3 is 12.2 Å². The fourth-order valence-corrected chi connectivity index (χ4v) is 5.31. The van der Waals surface area contributed by atoms with Crippen molar-refractivity contribution in [1.82, 2.24) is 10.6 Å². The number of amides is 2. The van der Waals surface area contributed by atoms with Gasteiger partial charge in [-0.25, -0.2) is 9.59 Å². The SMILES string of the molecule is CC[C@H](CC1=CC(=O)C(OC)=C(C)C1=O)NC(=O)OCc1ccccc1.COc1c(C)cc(C[C@@H](CO)NC(=O)OCc2ccccc2)cc1O. The first-order valence-electron chi connectivity index (χ1n) is 16.5. The number of aliphatic hydroxyl groups excluding tert-OH is 1. The first kappa shape index (κ1) is 39.8. The zero-order valence-electron chi connectivity index (χ0n) is 29.6. The van der Waals surface area contributed by atoms with Crippen molar-refractivity contribution < 1.29 is 48.3 Å². The van der Waals surface area contributed by atoms with Crippen molar-refractivity contribution in [2.75, 3.05) is 20.8 Å². The molecule has 4 rings (SSSR count). The molecule has 2 atom stereocenters. The Labute approximate surface area is 298 Å². The van der Waals surface area contributed by atoms with E-state index in [1.165, 1.54) is 20.3 Å². The Balaban J connectivity index is 0.000000276. The van der Waals surface area contributed by atoms with Crippen LogP contribution in [0.5, 0.6) is 11.5 Å². The van der Waals surface area contributed by atoms with E-state index in [1.807, 2.05) is 80.6 Å². The maximum absolute atomic E-state index is 12.4. The summed E-state index contributed by atoms with van der Waals surface area (Å²) < 4.78 is 20.4. The van der Waals surface area contributed by atoms with E-state index in [4.69, 9.17) is 18.9 Å². The predicted molar refractivity (Wildman–Crippen MR) is 190 cm³/mol. The molecule has 0 radical (unpaired) electrons. The lowest BCUT2D eigenvalue weighted by atomic mass is 9.90. The molecule has 0 aromatic heterocycles. The van der Waals surface area contributed by atoms with Crippen LogP contribution in [-0.2, 0) is 43.4 Å². The minimum absolute atomic E-state index is 0.0286. The molecule has 12 nitrogen and oxygen atoms in total. The highest BCUT2D eigenvalue weighted by atomic mass is 16.6. The molecule has 272 valence electrons. The van der Waals surface area contributed by atoms with Gasteiger partial charge in [0.25, 0.3) is 0 Å². The van der Waals surface area contributed by atoms with Gasteiger partial charge in [0.05, 0.1) is 26.9 Å². The van der Waals surface area contributed by atoms with Crippen molar-refractivity contribution in [2.24, 2.45) is 0 Å². The molecule has 1 aliphatic rings. The van der Waals surface area contributed by atoms with Crippen LogP contribution in [0, 0.1) is 6.92 Å². The summed E-state index contributed by atoms with van der Waals surface area (Å²) in [4.78, 5) is 48.3. The summed E-state index contributed by atoms with van der Waals surface area (Å²) in [6, 6.07) is 21.3. The zero-order chi connectivity index (χ0) is 37.3. The summed E-state index contributed by atoms with van der Waals surface area (Å²) in [6.45, 7) is 5.36. The van der Waals surface area contributed by atoms with Gasteiger partial charge in [0.15, 0.2) is 23.0 Å². The number of carbonyl (C=O) groups is 4. The Morgan fingerprint density at radius 2 is 1.31 bits per heavy atom. The fourth-order valence-electron chi connectivity index (χ4n) is 5.31. The van der Waals surface area contributed by atoms with E-state index in [1.54, 1.807) is 13.0 Å². The minimum Gasteiger partial charge on any atom is -0.504 e. The van der Waals surface area contributed by atoms with Crippen molar-refractivity contribution in [3.63, 3.8) is 0 Å². The Morgan fingerprint density at radius 1 is 0.765 bits per heavy atom. The molecule has 12 heteroatoms. The standard InChI is InChI=1S/C20H23NO5.C19H23NO5/c1-4-16(21-20(24)26-12-14-8-6-5-7-9-14)10-15-11-17(22)19(25-3)13(2)18(15)23;1-13-8-15(10-17(22)18(13)24-2)9-16(11-21)20-19(23)25-12-14-6-4-3-5-7-14/h5-9,11,16H,4,10,12H2,1-3H3,(H,21,24);3-8,10,16,21-22H,9,11-12H2,1-2H3,(H,20,23)/t2*16-/m10/s1. The Hall–Kier alpha value is -5.62. The van der Waals surface area contributed by atoms with Crippen LogP contribution in [0.2, 0.25) is 0 Å². The van der Waals surface area contributed by atoms with Crippen molar-refractivity contribution in [3.8, 4) is 11.5 Å². The summed E-state index contributed by atoms with van der Waals surface area (Å²) in [5, 5.41) is 24.8. The molecule has 0 heterocycles. The second kappa shape index (κ2) is 20.1. The first-order valence-corrected chi connectivity index (χ1v) is 16.5. The largest absolute Gasteiger partial charge is 0.504 e. The number of phenolic OH excluding ortho intramolecular Hbond substituents is 1. The number of benzene rings is 3. The van der Waals surface area contributed by atoms with Gasteiger partial charge < -0.3 is 39.8 Å². The lowest BCUT2D eigenvalue weighted by molar-refractivity contribution is -0.118. The molecule has 0 saturated carbocycles. The van der Waals surface area contributed by atoms with Crippen LogP contribution < -0.4 is 15.4 Å². The second-order valence-corrected chi connectivity index (χ2v) is 11.8. The van der Waals surface area contributed by atoms with Crippen LogP contribution in [-0.4, -0.2) is 66.9 Å². The van der Waals surface area contributed by atoms with Crippen molar-refractivity contribution in [2.45, 2.75) is 65.3 Å². The van der Waals surface area contributed by atoms with Gasteiger partial charge in [-0.1, -0.05) is 73.7 Å². The monoisotopic (exact) mass is 702 g/mol. The lowest BCUT2D eigenvalue weighted by Gasteiger charge is -2.21. The van der Waals surface area contributed by atoms with Crippen LogP contribution in [0.15, 0.2) is 95.8 Å². The van der Waals surface area contributed by atoms with E-state index in [0.29, 0.717) is 24.2 Å². The molecular weight excluding hydrogens is 656 g/mol. The average molecular weight is 703 g/mol. The van der Waals surface area contributed by atoms with Gasteiger partial charge in [0.1, 0.15) is 13.2 Å². The van der Waals surface area contributed by atoms with E-state index >= 15 is 0 Å². The predicted octanol–water partition coefficient (Wildman–Crippen LogP) is 5.62. The number of phenols is 1. The zero-order valence-corrected chi connectivity index (χ0v) is 29.6. The van der Waals surface area contributed by atoms with E-state index in [-0.39, 0.29) is 60.9 Å². The average Bonchev–Trinajstić information content (AvgIpc) is 3.12. The Bertz CT molecular complexity index is 1680. The number of aliphatic hydroxyl groups is 1. The molecule has 2 amide bonds. The number of hydrogen-bond acceptors (Lipinski definition) is 10. The third-order valence-electron chi connectivity index (χ3n) is 7.96. The molecular formula is C39H46N2O10. The first-order chi connectivity index (χ1) is 24.5. The number of aromatic hydroxyl groups is 1. The van der Waals surface area contributed by atoms with Crippen LogP contribution in [0.1, 0.15) is 48.9 Å². The number of alkyl carbamates (subject to hydrolysis) is 2. The summed E-state index contributed by atoms with van der Waals surface area (Å²) >= 11 is 0. The molecule has 4 N–H and O–H groups in total. The molecule has 0 spiro atoms. The highest BCUT2D eigenvalue weighted by molar-refractivity contribution is 6.21. The lowest BCUT2D eigenvalue weighted by Crippen LogP contribution is -2.39. The van der Waals surface area contributed by atoms with Gasteiger partial charge in [0.2, 0.25) is 5.78 Å². The van der Waals surface area contributed by atoms with Crippen molar-refractivity contribution >= 4 is 23.8 Å². The number of methoxy groups -OCH3 is 2. The number of ether oxygens (including phenoxy) is 4. The van der Waals surface area contributed by atoms with Crippen molar-refractivity contribution in [3.05, 3.63) is 118 Å². The Kier molecular flexibility index (Phi) is 15.7. The third kappa shape index (κ3) is 12.3. The summed E-state index contributed by atoms with van der Waals surface area (Å²) in [7, 11) is 2.85. The quantitative estimate of drug-likeness (QED) is 0.155. The van der Waals surface area contributed by atoms with Gasteiger partial charge in [-0.15, -0.1) is 0 Å². The summed E-state index contributed by atoms with van der Waals surface area (Å²) in [6.07, 6.45) is 1.34. The molecule has 1 aliphatic carbocycles. The number of Topliss-reactive ketones (excluding diaryl/α,β-unsaturated/α-hetero) is 1. The molecule has 0 fully saturated rings. The third-order valence-corrected chi connectivity index (χ3v) is 7.96. The van der Waals surface area contributed by atoms with Crippen molar-refractivity contribution in [1.29, 1.82) is 0 Å². The van der Waals surface area contributed by atoms with Crippen LogP contribution in [0.3, 0.4) is 0 Å². The van der Waals surface area contributed by atoms with Gasteiger partial charge in [-0.05, 0) is 67.5 Å². The number of allylic oxidation sites excluding steroid dienone is 2. The van der Waals surface area contributed by atoms with Crippen LogP contribution in [0.4, 0.5) is 9.59 Å². The second-order valence-electron chi connectivity index (χ2n) is 11.8. The van der Waals surface area contributed by atoms with E-state index in [0.717, 1.165) is 22.3 Å². The molecule has 3 aromatic carbocycles. The molecule has 0 unspecified atom stereocenters. The van der Waals surface area contributed by atoms with Gasteiger partial charge in [0, 0.05) is 17.2 Å². The summed E-state index contributed by atoms with van der Waals surface area (Å²) in [5.74, 6) is -0.0529. The van der Waals surface area contributed by atoms with E-state index in [9.17, 15) is 29.4 Å². The number of aryl methyl sites for hydroxylation is 1. The smallest absolute Gasteiger partial charge is 0.407 e. The number of hydrogen-bond donors (Lipinski definition) is 4. The number of ketones is 2. The summed E-state index contributed by atoms with van der Waals surface area (Å²) in [5.41, 5.74) is 3.98. The highest BCUT2D eigenvalue weighted by Gasteiger charge is 2.28. The van der Waals surface area contributed by atoms with E-state index in [2.05, 4.69) is 10.6 Å². The number of rotatable bonds is 14. The maximum atomic E-state index is 12.4.